The Kier molecular flexibility index (Phi) is 6.55. The maximum absolute atomic E-state index is 5.13. The molecule has 0 radical (unpaired) electrons. The summed E-state index contributed by atoms with van der Waals surface area (Å²) in [4.78, 5) is 10.2. The summed E-state index contributed by atoms with van der Waals surface area (Å²) in [5, 5.41) is 11.2. The molecule has 11 rings (SSSR count). The quantitative estimate of drug-likeness (QED) is 0.174. The smallest absolute Gasteiger partial charge is 0.160 e. The molecule has 0 aliphatic rings. The van der Waals surface area contributed by atoms with Crippen LogP contribution in [0.4, 0.5) is 0 Å². The first-order chi connectivity index (χ1) is 26.3. The zero-order valence-corrected chi connectivity index (χ0v) is 28.7. The zero-order chi connectivity index (χ0) is 34.9. The van der Waals surface area contributed by atoms with E-state index in [4.69, 9.17) is 9.97 Å². The molecule has 3 heteroatoms. The first-order valence-corrected chi connectivity index (χ1v) is 18.1. The van der Waals surface area contributed by atoms with Crippen LogP contribution >= 0.6 is 0 Å². The van der Waals surface area contributed by atoms with Gasteiger partial charge in [-0.1, -0.05) is 158 Å². The Labute approximate surface area is 306 Å². The van der Waals surface area contributed by atoms with E-state index in [9.17, 15) is 0 Å². The lowest BCUT2D eigenvalue weighted by Crippen LogP contribution is -1.96. The number of hydrogen-bond donors (Lipinski definition) is 0. The van der Waals surface area contributed by atoms with Crippen molar-refractivity contribution >= 4 is 65.0 Å². The van der Waals surface area contributed by atoms with Gasteiger partial charge in [-0.2, -0.15) is 0 Å². The third-order valence-electron chi connectivity index (χ3n) is 10.8. The number of nitrogens with zero attached hydrogens (tertiary/aromatic N) is 3. The SMILES string of the molecule is c1ccc(-c2nc(-c3ccccc3)c3cc(-c4ccc(-n5c6ccccc6c6c7ccccc7c7c8ccccc8ccc7c65)cc4)ccc3n2)cc1. The van der Waals surface area contributed by atoms with Crippen molar-refractivity contribution in [2.75, 3.05) is 0 Å². The largest absolute Gasteiger partial charge is 0.309 e. The summed E-state index contributed by atoms with van der Waals surface area (Å²) in [5.41, 5.74) is 9.78. The predicted octanol–water partition coefficient (Wildman–Crippen LogP) is 13.2. The van der Waals surface area contributed by atoms with Crippen molar-refractivity contribution in [1.82, 2.24) is 14.5 Å². The highest BCUT2D eigenvalue weighted by molar-refractivity contribution is 6.36. The molecule has 0 saturated carbocycles. The van der Waals surface area contributed by atoms with Gasteiger partial charge in [0.2, 0.25) is 0 Å². The molecule has 246 valence electrons. The van der Waals surface area contributed by atoms with Crippen LogP contribution in [0.2, 0.25) is 0 Å². The van der Waals surface area contributed by atoms with E-state index in [1.807, 2.05) is 24.3 Å². The molecule has 0 amide bonds. The molecule has 0 bridgehead atoms. The molecule has 0 unspecified atom stereocenters. The number of hydrogen-bond acceptors (Lipinski definition) is 2. The highest BCUT2D eigenvalue weighted by Gasteiger charge is 2.20. The Balaban J connectivity index is 1.11. The van der Waals surface area contributed by atoms with Gasteiger partial charge in [0.25, 0.3) is 0 Å². The Morgan fingerprint density at radius 2 is 0.981 bits per heavy atom. The minimum Gasteiger partial charge on any atom is -0.309 e. The van der Waals surface area contributed by atoms with Crippen LogP contribution in [-0.2, 0) is 0 Å². The van der Waals surface area contributed by atoms with E-state index in [1.165, 1.54) is 54.1 Å². The standard InChI is InChI=1S/C50H31N3/c1-3-14-34(15-4-1)48-43-31-36(26-30-44(43)51-50(52-48)35-16-5-2-6-17-35)32-23-27-37(28-24-32)53-45-22-12-11-21-41(45)47-40-20-10-9-19-39(40)46-38-18-8-7-13-33(38)25-29-42(46)49(47)53/h1-31H. The van der Waals surface area contributed by atoms with Gasteiger partial charge < -0.3 is 4.57 Å². The number of rotatable bonds is 4. The molecule has 0 atom stereocenters. The van der Waals surface area contributed by atoms with Crippen LogP contribution in [0.1, 0.15) is 0 Å². The lowest BCUT2D eigenvalue weighted by Gasteiger charge is -2.15. The van der Waals surface area contributed by atoms with Crippen LogP contribution in [0, 0.1) is 0 Å². The van der Waals surface area contributed by atoms with Gasteiger partial charge in [0.05, 0.1) is 22.2 Å². The average Bonchev–Trinajstić information content (AvgIpc) is 3.59. The second-order valence-corrected chi connectivity index (χ2v) is 13.7. The van der Waals surface area contributed by atoms with Crippen molar-refractivity contribution in [2.24, 2.45) is 0 Å². The Morgan fingerprint density at radius 3 is 1.75 bits per heavy atom. The van der Waals surface area contributed by atoms with E-state index in [2.05, 4.69) is 168 Å². The number of aromatic nitrogens is 3. The summed E-state index contributed by atoms with van der Waals surface area (Å²) >= 11 is 0. The summed E-state index contributed by atoms with van der Waals surface area (Å²) in [7, 11) is 0. The number of para-hydroxylation sites is 1. The maximum Gasteiger partial charge on any atom is 0.160 e. The summed E-state index contributed by atoms with van der Waals surface area (Å²) < 4.78 is 2.46. The van der Waals surface area contributed by atoms with Gasteiger partial charge in [0, 0.05) is 38.4 Å². The van der Waals surface area contributed by atoms with Gasteiger partial charge in [-0.3, -0.25) is 0 Å². The summed E-state index contributed by atoms with van der Waals surface area (Å²) in [6.07, 6.45) is 0. The van der Waals surface area contributed by atoms with E-state index >= 15 is 0 Å². The van der Waals surface area contributed by atoms with Gasteiger partial charge in [0.15, 0.2) is 5.82 Å². The van der Waals surface area contributed by atoms with Crippen LogP contribution < -0.4 is 0 Å². The van der Waals surface area contributed by atoms with Crippen LogP contribution in [-0.4, -0.2) is 14.5 Å². The fourth-order valence-corrected chi connectivity index (χ4v) is 8.36. The first kappa shape index (κ1) is 29.6. The van der Waals surface area contributed by atoms with E-state index in [-0.39, 0.29) is 0 Å². The average molecular weight is 674 g/mol. The van der Waals surface area contributed by atoms with Crippen molar-refractivity contribution in [3.8, 4) is 39.5 Å². The lowest BCUT2D eigenvalue weighted by molar-refractivity contribution is 1.19. The highest BCUT2D eigenvalue weighted by Crippen LogP contribution is 2.44. The molecule has 0 N–H and O–H groups in total. The van der Waals surface area contributed by atoms with Crippen LogP contribution in [0.15, 0.2) is 188 Å². The van der Waals surface area contributed by atoms with Crippen molar-refractivity contribution < 1.29 is 0 Å². The van der Waals surface area contributed by atoms with E-state index in [0.717, 1.165) is 50.4 Å². The topological polar surface area (TPSA) is 30.7 Å². The number of benzene rings is 9. The van der Waals surface area contributed by atoms with Crippen molar-refractivity contribution in [1.29, 1.82) is 0 Å². The van der Waals surface area contributed by atoms with Gasteiger partial charge >= 0.3 is 0 Å². The Bertz CT molecular complexity index is 3200. The van der Waals surface area contributed by atoms with Crippen molar-refractivity contribution in [3.63, 3.8) is 0 Å². The third-order valence-corrected chi connectivity index (χ3v) is 10.8. The van der Waals surface area contributed by atoms with E-state index in [1.54, 1.807) is 0 Å². The molecule has 3 nitrogen and oxygen atoms in total. The molecular weight excluding hydrogens is 643 g/mol. The molecule has 0 fully saturated rings. The summed E-state index contributed by atoms with van der Waals surface area (Å²) in [6, 6.07) is 67.3. The molecule has 2 heterocycles. The van der Waals surface area contributed by atoms with E-state index < -0.39 is 0 Å². The fourth-order valence-electron chi connectivity index (χ4n) is 8.36. The van der Waals surface area contributed by atoms with Gasteiger partial charge in [-0.05, 0) is 68.4 Å². The first-order valence-electron chi connectivity index (χ1n) is 18.1. The molecular formula is C50H31N3. The lowest BCUT2D eigenvalue weighted by atomic mass is 9.93. The zero-order valence-electron chi connectivity index (χ0n) is 28.7. The maximum atomic E-state index is 5.13. The second-order valence-electron chi connectivity index (χ2n) is 13.7. The molecule has 0 aliphatic heterocycles. The highest BCUT2D eigenvalue weighted by atomic mass is 15.0. The fraction of sp³-hybridized carbons (Fsp3) is 0. The minimum absolute atomic E-state index is 0.730. The normalized spacial score (nSPS) is 11.8. The van der Waals surface area contributed by atoms with Crippen LogP contribution in [0.5, 0.6) is 0 Å². The molecule has 11 aromatic rings. The summed E-state index contributed by atoms with van der Waals surface area (Å²) in [6.45, 7) is 0. The molecule has 0 aliphatic carbocycles. The summed E-state index contributed by atoms with van der Waals surface area (Å²) in [5.74, 6) is 0.730. The van der Waals surface area contributed by atoms with Gasteiger partial charge in [-0.15, -0.1) is 0 Å². The molecule has 53 heavy (non-hydrogen) atoms. The van der Waals surface area contributed by atoms with Crippen LogP contribution in [0.25, 0.3) is 104 Å². The molecule has 9 aromatic carbocycles. The predicted molar refractivity (Wildman–Crippen MR) is 223 cm³/mol. The van der Waals surface area contributed by atoms with Gasteiger partial charge in [-0.25, -0.2) is 9.97 Å². The Hall–Kier alpha value is -7.10. The monoisotopic (exact) mass is 673 g/mol. The third kappa shape index (κ3) is 4.61. The van der Waals surface area contributed by atoms with Crippen LogP contribution in [0.3, 0.4) is 0 Å². The second kappa shape index (κ2) is 11.7. The molecule has 0 saturated heterocycles. The Morgan fingerprint density at radius 1 is 0.358 bits per heavy atom. The van der Waals surface area contributed by atoms with Gasteiger partial charge in [0.1, 0.15) is 0 Å². The minimum atomic E-state index is 0.730. The molecule has 0 spiro atoms. The number of fused-ring (bicyclic) bond motifs is 11. The van der Waals surface area contributed by atoms with Crippen molar-refractivity contribution in [3.05, 3.63) is 188 Å². The van der Waals surface area contributed by atoms with Crippen molar-refractivity contribution in [2.45, 2.75) is 0 Å². The van der Waals surface area contributed by atoms with E-state index in [0.29, 0.717) is 0 Å². The molecule has 2 aromatic heterocycles.